The van der Waals surface area contributed by atoms with Crippen LogP contribution in [0.15, 0.2) is 53.4 Å². The van der Waals surface area contributed by atoms with Crippen LogP contribution in [0.1, 0.15) is 26.7 Å². The summed E-state index contributed by atoms with van der Waals surface area (Å²) in [4.78, 5) is 22.9. The number of nitro groups is 1. The molecule has 2 aromatic rings. The second kappa shape index (κ2) is 9.82. The van der Waals surface area contributed by atoms with E-state index in [1.807, 2.05) is 37.3 Å². The molecule has 0 heterocycles. The number of nitro benzene ring substituents is 1. The van der Waals surface area contributed by atoms with Crippen molar-refractivity contribution >= 4 is 23.4 Å². The molecule has 0 amide bonds. The molecule has 0 aliphatic carbocycles. The summed E-state index contributed by atoms with van der Waals surface area (Å²) >= 11 is 1.35. The number of carbonyl (C=O) groups excluding carboxylic acids is 1. The van der Waals surface area contributed by atoms with Crippen LogP contribution < -0.4 is 4.74 Å². The summed E-state index contributed by atoms with van der Waals surface area (Å²) in [6.45, 7) is 4.04. The normalized spacial score (nSPS) is 11.6. The molecule has 1 atom stereocenters. The lowest BCUT2D eigenvalue weighted by molar-refractivity contribution is -0.387. The highest BCUT2D eigenvalue weighted by Crippen LogP contribution is 2.37. The maximum atomic E-state index is 11.5. The molecule has 0 spiro atoms. The fraction of sp³-hybridized carbons (Fsp3) is 0.316. The third-order valence-corrected chi connectivity index (χ3v) is 4.71. The highest BCUT2D eigenvalue weighted by molar-refractivity contribution is 8.00. The number of para-hydroxylation sites is 1. The van der Waals surface area contributed by atoms with Crippen molar-refractivity contribution in [3.63, 3.8) is 0 Å². The van der Waals surface area contributed by atoms with Crippen molar-refractivity contribution in [1.82, 2.24) is 0 Å². The van der Waals surface area contributed by atoms with Crippen LogP contribution in [0.2, 0.25) is 0 Å². The van der Waals surface area contributed by atoms with Crippen LogP contribution in [0, 0.1) is 10.1 Å². The van der Waals surface area contributed by atoms with Gasteiger partial charge in [0.2, 0.25) is 0 Å². The van der Waals surface area contributed by atoms with Crippen molar-refractivity contribution < 1.29 is 19.2 Å². The van der Waals surface area contributed by atoms with Crippen molar-refractivity contribution in [2.24, 2.45) is 0 Å². The number of benzene rings is 2. The first kappa shape index (κ1) is 19.8. The zero-order chi connectivity index (χ0) is 18.9. The number of carbonyl (C=O) groups is 1. The van der Waals surface area contributed by atoms with Crippen molar-refractivity contribution in [1.29, 1.82) is 0 Å². The average Bonchev–Trinajstić information content (AvgIpc) is 2.61. The predicted molar refractivity (Wildman–Crippen MR) is 101 cm³/mol. The molecule has 0 saturated carbocycles. The molecule has 2 aromatic carbocycles. The first-order chi connectivity index (χ1) is 12.5. The van der Waals surface area contributed by atoms with E-state index >= 15 is 0 Å². The molecule has 6 nitrogen and oxygen atoms in total. The van der Waals surface area contributed by atoms with Gasteiger partial charge in [0.05, 0.1) is 16.4 Å². The third-order valence-electron chi connectivity index (χ3n) is 3.50. The van der Waals surface area contributed by atoms with E-state index in [9.17, 15) is 14.9 Å². The summed E-state index contributed by atoms with van der Waals surface area (Å²) in [5.41, 5.74) is 0.0263. The molecule has 138 valence electrons. The molecule has 26 heavy (non-hydrogen) atoms. The molecule has 0 radical (unpaired) electrons. The summed E-state index contributed by atoms with van der Waals surface area (Å²) in [7, 11) is 0. The molecule has 0 aliphatic rings. The Kier molecular flexibility index (Phi) is 7.47. The largest absolute Gasteiger partial charge is 0.466 e. The molecule has 0 unspecified atom stereocenters. The summed E-state index contributed by atoms with van der Waals surface area (Å²) in [6, 6.07) is 13.9. The van der Waals surface area contributed by atoms with Crippen molar-refractivity contribution in [3.8, 4) is 11.5 Å². The van der Waals surface area contributed by atoms with Gasteiger partial charge < -0.3 is 9.47 Å². The fourth-order valence-electron chi connectivity index (χ4n) is 2.26. The maximum Gasteiger partial charge on any atom is 0.305 e. The quantitative estimate of drug-likeness (QED) is 0.259. The predicted octanol–water partition coefficient (Wildman–Crippen LogP) is 5.21. The van der Waals surface area contributed by atoms with E-state index < -0.39 is 4.92 Å². The monoisotopic (exact) mass is 375 g/mol. The van der Waals surface area contributed by atoms with Gasteiger partial charge in [0.1, 0.15) is 11.5 Å². The Morgan fingerprint density at radius 3 is 2.58 bits per heavy atom. The molecule has 0 aromatic heterocycles. The number of ether oxygens (including phenoxy) is 2. The van der Waals surface area contributed by atoms with Gasteiger partial charge in [-0.25, -0.2) is 0 Å². The molecular weight excluding hydrogens is 354 g/mol. The Balaban J connectivity index is 2.10. The fourth-order valence-corrected chi connectivity index (χ4v) is 3.37. The highest BCUT2D eigenvalue weighted by atomic mass is 32.2. The second-order valence-corrected chi connectivity index (χ2v) is 7.05. The molecule has 2 rings (SSSR count). The van der Waals surface area contributed by atoms with Crippen molar-refractivity contribution in [3.05, 3.63) is 58.6 Å². The van der Waals surface area contributed by atoms with Crippen LogP contribution in [0.25, 0.3) is 0 Å². The van der Waals surface area contributed by atoms with E-state index in [-0.39, 0.29) is 23.3 Å². The molecule has 0 aliphatic heterocycles. The van der Waals surface area contributed by atoms with Crippen LogP contribution in [0.5, 0.6) is 11.5 Å². The second-order valence-electron chi connectivity index (χ2n) is 5.57. The lowest BCUT2D eigenvalue weighted by Gasteiger charge is -2.12. The molecule has 0 saturated heterocycles. The number of rotatable bonds is 9. The SMILES string of the molecule is CCOC(=O)CC[C@H](C)Sc1cc(Oc2ccccc2)ccc1[N+](=O)[O-]. The number of esters is 1. The number of hydrogen-bond acceptors (Lipinski definition) is 6. The van der Waals surface area contributed by atoms with Crippen LogP contribution in [-0.4, -0.2) is 22.7 Å². The Morgan fingerprint density at radius 1 is 1.19 bits per heavy atom. The minimum absolute atomic E-state index is 0.0186. The lowest BCUT2D eigenvalue weighted by atomic mass is 10.2. The van der Waals surface area contributed by atoms with E-state index in [1.54, 1.807) is 19.1 Å². The Labute approximate surface area is 156 Å². The minimum Gasteiger partial charge on any atom is -0.466 e. The van der Waals surface area contributed by atoms with Crippen LogP contribution in [-0.2, 0) is 9.53 Å². The lowest BCUT2D eigenvalue weighted by Crippen LogP contribution is -2.07. The smallest absolute Gasteiger partial charge is 0.305 e. The van der Waals surface area contributed by atoms with E-state index in [0.717, 1.165) is 0 Å². The van der Waals surface area contributed by atoms with Crippen molar-refractivity contribution in [2.75, 3.05) is 6.61 Å². The van der Waals surface area contributed by atoms with E-state index in [4.69, 9.17) is 9.47 Å². The number of nitrogens with zero attached hydrogens (tertiary/aromatic N) is 1. The topological polar surface area (TPSA) is 78.7 Å². The Morgan fingerprint density at radius 2 is 1.92 bits per heavy atom. The van der Waals surface area contributed by atoms with Gasteiger partial charge in [-0.3, -0.25) is 14.9 Å². The number of thioether (sulfide) groups is 1. The molecule has 0 N–H and O–H groups in total. The standard InChI is InChI=1S/C19H21NO5S/c1-3-24-19(21)12-9-14(2)26-18-13-16(10-11-17(18)20(22)23)25-15-7-5-4-6-8-15/h4-8,10-11,13-14H,3,9,12H2,1-2H3/t14-/m0/s1. The molecule has 7 heteroatoms. The average molecular weight is 375 g/mol. The third kappa shape index (κ3) is 6.07. The maximum absolute atomic E-state index is 11.5. The number of hydrogen-bond donors (Lipinski definition) is 0. The van der Waals surface area contributed by atoms with Gasteiger partial charge in [0.25, 0.3) is 5.69 Å². The van der Waals surface area contributed by atoms with E-state index in [0.29, 0.717) is 29.4 Å². The van der Waals surface area contributed by atoms with Crippen LogP contribution in [0.4, 0.5) is 5.69 Å². The van der Waals surface area contributed by atoms with Gasteiger partial charge in [-0.1, -0.05) is 25.1 Å². The van der Waals surface area contributed by atoms with Gasteiger partial charge in [-0.05, 0) is 31.5 Å². The zero-order valence-corrected chi connectivity index (χ0v) is 15.5. The van der Waals surface area contributed by atoms with Gasteiger partial charge in [-0.2, -0.15) is 0 Å². The first-order valence-electron chi connectivity index (χ1n) is 8.33. The van der Waals surface area contributed by atoms with Gasteiger partial charge in [-0.15, -0.1) is 11.8 Å². The van der Waals surface area contributed by atoms with Crippen LogP contribution in [0.3, 0.4) is 0 Å². The van der Waals surface area contributed by atoms with Gasteiger partial charge in [0.15, 0.2) is 0 Å². The Bertz CT molecular complexity index is 751. The minimum atomic E-state index is -0.410. The highest BCUT2D eigenvalue weighted by Gasteiger charge is 2.19. The zero-order valence-electron chi connectivity index (χ0n) is 14.7. The van der Waals surface area contributed by atoms with E-state index in [2.05, 4.69) is 0 Å². The van der Waals surface area contributed by atoms with Gasteiger partial charge >= 0.3 is 5.97 Å². The summed E-state index contributed by atoms with van der Waals surface area (Å²) in [6.07, 6.45) is 0.862. The summed E-state index contributed by atoms with van der Waals surface area (Å²) in [5, 5.41) is 11.3. The van der Waals surface area contributed by atoms with Gasteiger partial charge in [0, 0.05) is 23.8 Å². The Hall–Kier alpha value is -2.54. The van der Waals surface area contributed by atoms with E-state index in [1.165, 1.54) is 17.8 Å². The molecule has 0 bridgehead atoms. The molecular formula is C19H21NO5S. The first-order valence-corrected chi connectivity index (χ1v) is 9.21. The van der Waals surface area contributed by atoms with Crippen molar-refractivity contribution in [2.45, 2.75) is 36.8 Å². The summed E-state index contributed by atoms with van der Waals surface area (Å²) < 4.78 is 10.7. The van der Waals surface area contributed by atoms with Crippen LogP contribution >= 0.6 is 11.8 Å². The molecule has 0 fully saturated rings. The summed E-state index contributed by atoms with van der Waals surface area (Å²) in [5.74, 6) is 0.935.